The van der Waals surface area contributed by atoms with E-state index in [0.717, 1.165) is 12.8 Å². The molecule has 0 bridgehead atoms. The van der Waals surface area contributed by atoms with Crippen molar-refractivity contribution in [2.75, 3.05) is 6.54 Å². The Morgan fingerprint density at radius 3 is 2.67 bits per heavy atom. The van der Waals surface area contributed by atoms with Gasteiger partial charge in [-0.25, -0.2) is 8.78 Å². The van der Waals surface area contributed by atoms with Crippen molar-refractivity contribution in [1.29, 1.82) is 0 Å². The predicted octanol–water partition coefficient (Wildman–Crippen LogP) is 2.15. The molecule has 1 saturated heterocycles. The first kappa shape index (κ1) is 15.6. The van der Waals surface area contributed by atoms with E-state index in [1.165, 1.54) is 4.90 Å². The fourth-order valence-electron chi connectivity index (χ4n) is 2.77. The molecule has 0 aromatic heterocycles. The number of aromatic hydroxyl groups is 1. The summed E-state index contributed by atoms with van der Waals surface area (Å²) in [7, 11) is 0. The van der Waals surface area contributed by atoms with Gasteiger partial charge in [-0.05, 0) is 32.3 Å². The lowest BCUT2D eigenvalue weighted by atomic mass is 9.95. The van der Waals surface area contributed by atoms with E-state index in [9.17, 15) is 23.1 Å². The van der Waals surface area contributed by atoms with Gasteiger partial charge in [0.15, 0.2) is 17.4 Å². The molecule has 1 fully saturated rings. The first-order valence-electron chi connectivity index (χ1n) is 6.77. The first-order chi connectivity index (χ1) is 9.88. The van der Waals surface area contributed by atoms with E-state index in [-0.39, 0.29) is 18.6 Å². The van der Waals surface area contributed by atoms with Crippen molar-refractivity contribution in [3.05, 3.63) is 29.1 Å². The zero-order valence-electron chi connectivity index (χ0n) is 11.6. The smallest absolute Gasteiger partial charge is 0.257 e. The van der Waals surface area contributed by atoms with Gasteiger partial charge in [-0.3, -0.25) is 4.79 Å². The van der Waals surface area contributed by atoms with Crippen LogP contribution in [-0.4, -0.2) is 34.5 Å². The molecule has 1 aromatic carbocycles. The fraction of sp³-hybridized carbons (Fsp3) is 0.500. The fourth-order valence-corrected chi connectivity index (χ4v) is 2.77. The predicted molar refractivity (Wildman–Crippen MR) is 70.3 cm³/mol. The Hall–Kier alpha value is -1.76. The Bertz CT molecular complexity index is 566. The SMILES string of the molecule is CC1CCCC(CN)N1C(=O)c1cc(F)c(F)c(O)c1F. The van der Waals surface area contributed by atoms with Gasteiger partial charge in [0.25, 0.3) is 5.91 Å². The number of carbonyl (C=O) groups excluding carboxylic acids is 1. The van der Waals surface area contributed by atoms with E-state index in [2.05, 4.69) is 0 Å². The quantitative estimate of drug-likeness (QED) is 0.823. The van der Waals surface area contributed by atoms with Gasteiger partial charge in [0.05, 0.1) is 5.56 Å². The van der Waals surface area contributed by atoms with E-state index >= 15 is 0 Å². The van der Waals surface area contributed by atoms with Crippen molar-refractivity contribution >= 4 is 5.91 Å². The number of hydrogen-bond donors (Lipinski definition) is 2. The van der Waals surface area contributed by atoms with E-state index in [1.54, 1.807) is 6.92 Å². The minimum absolute atomic E-state index is 0.186. The van der Waals surface area contributed by atoms with Crippen LogP contribution >= 0.6 is 0 Å². The minimum atomic E-state index is -1.70. The van der Waals surface area contributed by atoms with Crippen LogP contribution in [0.25, 0.3) is 0 Å². The zero-order valence-corrected chi connectivity index (χ0v) is 11.6. The third-order valence-corrected chi connectivity index (χ3v) is 3.90. The summed E-state index contributed by atoms with van der Waals surface area (Å²) in [6.45, 7) is 1.99. The topological polar surface area (TPSA) is 66.6 Å². The zero-order chi connectivity index (χ0) is 15.7. The number of carbonyl (C=O) groups is 1. The number of benzene rings is 1. The Kier molecular flexibility index (Phi) is 4.41. The Morgan fingerprint density at radius 1 is 1.38 bits per heavy atom. The van der Waals surface area contributed by atoms with Gasteiger partial charge in [-0.1, -0.05) is 0 Å². The summed E-state index contributed by atoms with van der Waals surface area (Å²) in [5.74, 6) is -6.89. The van der Waals surface area contributed by atoms with Crippen LogP contribution in [0.3, 0.4) is 0 Å². The monoisotopic (exact) mass is 302 g/mol. The minimum Gasteiger partial charge on any atom is -0.503 e. The molecule has 7 heteroatoms. The largest absolute Gasteiger partial charge is 0.503 e. The van der Waals surface area contributed by atoms with Gasteiger partial charge in [-0.15, -0.1) is 0 Å². The molecule has 0 spiro atoms. The molecule has 1 amide bonds. The molecular formula is C14H17F3N2O2. The molecule has 1 aliphatic rings. The second-order valence-electron chi connectivity index (χ2n) is 5.26. The van der Waals surface area contributed by atoms with E-state index < -0.39 is 34.7 Å². The van der Waals surface area contributed by atoms with Crippen LogP contribution in [0, 0.1) is 17.5 Å². The molecule has 3 N–H and O–H groups in total. The standard InChI is InChI=1S/C14H17F3N2O2/c1-7-3-2-4-8(6-18)19(7)14(21)9-5-10(15)12(17)13(20)11(9)16/h5,7-8,20H,2-4,6,18H2,1H3. The summed E-state index contributed by atoms with van der Waals surface area (Å²) < 4.78 is 40.3. The third kappa shape index (κ3) is 2.70. The highest BCUT2D eigenvalue weighted by molar-refractivity contribution is 5.95. The first-order valence-corrected chi connectivity index (χ1v) is 6.77. The van der Waals surface area contributed by atoms with E-state index in [4.69, 9.17) is 5.73 Å². The molecule has 2 rings (SSSR count). The molecule has 1 aliphatic heterocycles. The van der Waals surface area contributed by atoms with Crippen molar-refractivity contribution in [1.82, 2.24) is 4.90 Å². The lowest BCUT2D eigenvalue weighted by Gasteiger charge is -2.40. The second-order valence-corrected chi connectivity index (χ2v) is 5.26. The van der Waals surface area contributed by atoms with Crippen molar-refractivity contribution < 1.29 is 23.1 Å². The Balaban J connectivity index is 2.43. The molecule has 1 aromatic rings. The van der Waals surface area contributed by atoms with Gasteiger partial charge in [0, 0.05) is 18.6 Å². The molecule has 0 radical (unpaired) electrons. The summed E-state index contributed by atoms with van der Waals surface area (Å²) in [5, 5.41) is 9.22. The van der Waals surface area contributed by atoms with Crippen LogP contribution in [0.15, 0.2) is 6.07 Å². The average Bonchev–Trinajstić information content (AvgIpc) is 2.47. The third-order valence-electron chi connectivity index (χ3n) is 3.90. The van der Waals surface area contributed by atoms with Crippen molar-refractivity contribution in [3.63, 3.8) is 0 Å². The van der Waals surface area contributed by atoms with Gasteiger partial charge in [-0.2, -0.15) is 4.39 Å². The number of hydrogen-bond acceptors (Lipinski definition) is 3. The highest BCUT2D eigenvalue weighted by Gasteiger charge is 2.34. The maximum Gasteiger partial charge on any atom is 0.257 e. The maximum absolute atomic E-state index is 13.9. The molecule has 4 nitrogen and oxygen atoms in total. The summed E-state index contributed by atoms with van der Waals surface area (Å²) >= 11 is 0. The maximum atomic E-state index is 13.9. The number of piperidine rings is 1. The molecule has 0 saturated carbocycles. The van der Waals surface area contributed by atoms with Crippen LogP contribution in [-0.2, 0) is 0 Å². The molecule has 0 aliphatic carbocycles. The lowest BCUT2D eigenvalue weighted by molar-refractivity contribution is 0.0487. The van der Waals surface area contributed by atoms with Crippen molar-refractivity contribution in [2.24, 2.45) is 5.73 Å². The summed E-state index contributed by atoms with van der Waals surface area (Å²) in [4.78, 5) is 13.8. The number of phenols is 1. The number of nitrogens with zero attached hydrogens (tertiary/aromatic N) is 1. The van der Waals surface area contributed by atoms with E-state index in [0.29, 0.717) is 12.5 Å². The molecule has 1 heterocycles. The van der Waals surface area contributed by atoms with Crippen LogP contribution < -0.4 is 5.73 Å². The molecule has 116 valence electrons. The molecule has 2 atom stereocenters. The van der Waals surface area contributed by atoms with Gasteiger partial charge in [0.1, 0.15) is 0 Å². The summed E-state index contributed by atoms with van der Waals surface area (Å²) in [5.41, 5.74) is 4.94. The van der Waals surface area contributed by atoms with Crippen LogP contribution in [0.5, 0.6) is 5.75 Å². The van der Waals surface area contributed by atoms with Gasteiger partial charge in [0.2, 0.25) is 5.82 Å². The Labute approximate surface area is 120 Å². The number of phenolic OH excluding ortho intramolecular Hbond substituents is 1. The number of rotatable bonds is 2. The molecule has 2 unspecified atom stereocenters. The average molecular weight is 302 g/mol. The summed E-state index contributed by atoms with van der Waals surface area (Å²) in [6.07, 6.45) is 2.28. The summed E-state index contributed by atoms with van der Waals surface area (Å²) in [6, 6.07) is 0.00658. The molecular weight excluding hydrogens is 285 g/mol. The van der Waals surface area contributed by atoms with Crippen LogP contribution in [0.2, 0.25) is 0 Å². The Morgan fingerprint density at radius 2 is 2.05 bits per heavy atom. The number of halogens is 3. The van der Waals surface area contributed by atoms with E-state index in [1.807, 2.05) is 0 Å². The molecule has 21 heavy (non-hydrogen) atoms. The second kappa shape index (κ2) is 5.93. The highest BCUT2D eigenvalue weighted by atomic mass is 19.2. The number of nitrogens with two attached hydrogens (primary N) is 1. The van der Waals surface area contributed by atoms with Crippen LogP contribution in [0.1, 0.15) is 36.5 Å². The number of amides is 1. The highest BCUT2D eigenvalue weighted by Crippen LogP contribution is 2.30. The van der Waals surface area contributed by atoms with Gasteiger partial charge < -0.3 is 15.7 Å². The lowest BCUT2D eigenvalue weighted by Crippen LogP contribution is -2.52. The number of likely N-dealkylation sites (tertiary alicyclic amines) is 1. The van der Waals surface area contributed by atoms with Crippen LogP contribution in [0.4, 0.5) is 13.2 Å². The van der Waals surface area contributed by atoms with Gasteiger partial charge >= 0.3 is 0 Å². The normalized spacial score (nSPS) is 22.4. The van der Waals surface area contributed by atoms with Crippen molar-refractivity contribution in [3.8, 4) is 5.75 Å². The van der Waals surface area contributed by atoms with Crippen molar-refractivity contribution in [2.45, 2.75) is 38.3 Å².